The van der Waals surface area contributed by atoms with Crippen molar-refractivity contribution in [3.8, 4) is 0 Å². The first-order chi connectivity index (χ1) is 7.40. The molecule has 1 fully saturated rings. The maximum absolute atomic E-state index is 4.35. The van der Waals surface area contributed by atoms with Crippen LogP contribution in [0.1, 0.15) is 19.3 Å². The van der Waals surface area contributed by atoms with Crippen molar-refractivity contribution in [3.63, 3.8) is 0 Å². The lowest BCUT2D eigenvalue weighted by Crippen LogP contribution is -2.36. The van der Waals surface area contributed by atoms with Gasteiger partial charge >= 0.3 is 0 Å². The molecule has 1 aromatic heterocycles. The van der Waals surface area contributed by atoms with Crippen LogP contribution in [0, 0.1) is 5.92 Å². The molecule has 3 nitrogen and oxygen atoms in total. The van der Waals surface area contributed by atoms with E-state index in [0.717, 1.165) is 30.2 Å². The first-order valence-corrected chi connectivity index (χ1v) is 6.59. The van der Waals surface area contributed by atoms with Gasteiger partial charge in [-0.1, -0.05) is 15.9 Å². The second-order valence-corrected chi connectivity index (χ2v) is 4.79. The van der Waals surface area contributed by atoms with Crippen LogP contribution in [-0.2, 0) is 0 Å². The SMILES string of the molecule is BrCCC1CCCN(c2cnccn2)C1. The molecule has 0 aromatic carbocycles. The predicted octanol–water partition coefficient (Wildman–Crippen LogP) is 2.48. The molecule has 0 saturated carbocycles. The van der Waals surface area contributed by atoms with Crippen LogP contribution in [0.5, 0.6) is 0 Å². The Morgan fingerprint density at radius 1 is 1.47 bits per heavy atom. The zero-order valence-corrected chi connectivity index (χ0v) is 10.4. The van der Waals surface area contributed by atoms with E-state index in [1.807, 2.05) is 6.20 Å². The number of hydrogen-bond donors (Lipinski definition) is 0. The first-order valence-electron chi connectivity index (χ1n) is 5.47. The number of piperidine rings is 1. The highest BCUT2D eigenvalue weighted by Gasteiger charge is 2.20. The summed E-state index contributed by atoms with van der Waals surface area (Å²) in [4.78, 5) is 10.8. The molecule has 0 spiro atoms. The number of halogens is 1. The van der Waals surface area contributed by atoms with Gasteiger partial charge in [0.1, 0.15) is 5.82 Å². The normalized spacial score (nSPS) is 21.7. The Balaban J connectivity index is 1.98. The molecular formula is C11H16BrN3. The summed E-state index contributed by atoms with van der Waals surface area (Å²) >= 11 is 3.51. The second-order valence-electron chi connectivity index (χ2n) is 4.00. The van der Waals surface area contributed by atoms with Crippen LogP contribution in [0.2, 0.25) is 0 Å². The fourth-order valence-corrected chi connectivity index (χ4v) is 2.77. The van der Waals surface area contributed by atoms with E-state index in [9.17, 15) is 0 Å². The van der Waals surface area contributed by atoms with Crippen LogP contribution in [-0.4, -0.2) is 28.4 Å². The number of alkyl halides is 1. The van der Waals surface area contributed by atoms with Crippen LogP contribution in [0.3, 0.4) is 0 Å². The Morgan fingerprint density at radius 2 is 2.40 bits per heavy atom. The molecular weight excluding hydrogens is 254 g/mol. The molecule has 0 N–H and O–H groups in total. The van der Waals surface area contributed by atoms with E-state index in [0.29, 0.717) is 0 Å². The lowest BCUT2D eigenvalue weighted by Gasteiger charge is -2.33. The molecule has 1 saturated heterocycles. The summed E-state index contributed by atoms with van der Waals surface area (Å²) < 4.78 is 0. The minimum atomic E-state index is 0.806. The number of nitrogens with zero attached hydrogens (tertiary/aromatic N) is 3. The quantitative estimate of drug-likeness (QED) is 0.790. The monoisotopic (exact) mass is 269 g/mol. The van der Waals surface area contributed by atoms with Gasteiger partial charge in [-0.25, -0.2) is 4.98 Å². The van der Waals surface area contributed by atoms with Crippen LogP contribution < -0.4 is 4.90 Å². The first kappa shape index (κ1) is 10.9. The third-order valence-electron chi connectivity index (χ3n) is 2.91. The summed E-state index contributed by atoms with van der Waals surface area (Å²) in [6.45, 7) is 2.25. The maximum Gasteiger partial charge on any atom is 0.147 e. The Labute approximate surface area is 99.0 Å². The topological polar surface area (TPSA) is 29.0 Å². The molecule has 0 bridgehead atoms. The largest absolute Gasteiger partial charge is 0.355 e. The number of anilines is 1. The summed E-state index contributed by atoms with van der Waals surface area (Å²) in [7, 11) is 0. The van der Waals surface area contributed by atoms with Crippen molar-refractivity contribution in [1.82, 2.24) is 9.97 Å². The summed E-state index contributed by atoms with van der Waals surface area (Å²) in [5, 5.41) is 1.10. The molecule has 0 radical (unpaired) electrons. The molecule has 2 rings (SSSR count). The highest BCUT2D eigenvalue weighted by molar-refractivity contribution is 9.09. The Hall–Kier alpha value is -0.640. The van der Waals surface area contributed by atoms with E-state index in [-0.39, 0.29) is 0 Å². The third-order valence-corrected chi connectivity index (χ3v) is 3.37. The van der Waals surface area contributed by atoms with Gasteiger partial charge in [0.15, 0.2) is 0 Å². The molecule has 1 unspecified atom stereocenters. The van der Waals surface area contributed by atoms with Gasteiger partial charge in [-0.05, 0) is 25.2 Å². The standard InChI is InChI=1S/C11H16BrN3/c12-4-3-10-2-1-7-15(9-10)11-8-13-5-6-14-11/h5-6,8,10H,1-4,7,9H2. The van der Waals surface area contributed by atoms with Crippen molar-refractivity contribution in [3.05, 3.63) is 18.6 Å². The lowest BCUT2D eigenvalue weighted by molar-refractivity contribution is 0.406. The number of aromatic nitrogens is 2. The van der Waals surface area contributed by atoms with Crippen molar-refractivity contribution in [2.75, 3.05) is 23.3 Å². The molecule has 2 heterocycles. The number of rotatable bonds is 3. The molecule has 1 aliphatic heterocycles. The van der Waals surface area contributed by atoms with Gasteiger partial charge in [0, 0.05) is 30.8 Å². The Morgan fingerprint density at radius 3 is 3.13 bits per heavy atom. The van der Waals surface area contributed by atoms with E-state index in [1.54, 1.807) is 12.4 Å². The van der Waals surface area contributed by atoms with Gasteiger partial charge in [0.25, 0.3) is 0 Å². The zero-order chi connectivity index (χ0) is 10.5. The molecule has 1 aliphatic rings. The van der Waals surface area contributed by atoms with Crippen molar-refractivity contribution in [1.29, 1.82) is 0 Å². The van der Waals surface area contributed by atoms with Crippen molar-refractivity contribution >= 4 is 21.7 Å². The van der Waals surface area contributed by atoms with Gasteiger partial charge in [-0.2, -0.15) is 0 Å². The van der Waals surface area contributed by atoms with Crippen LogP contribution in [0.25, 0.3) is 0 Å². The Bertz CT molecular complexity index is 289. The van der Waals surface area contributed by atoms with Gasteiger partial charge in [-0.15, -0.1) is 0 Å². The van der Waals surface area contributed by atoms with Crippen LogP contribution in [0.4, 0.5) is 5.82 Å². The minimum absolute atomic E-state index is 0.806. The average Bonchev–Trinajstić information content (AvgIpc) is 2.31. The van der Waals surface area contributed by atoms with E-state index in [4.69, 9.17) is 0 Å². The highest BCUT2D eigenvalue weighted by Crippen LogP contribution is 2.23. The number of hydrogen-bond acceptors (Lipinski definition) is 3. The van der Waals surface area contributed by atoms with Crippen molar-refractivity contribution in [2.24, 2.45) is 5.92 Å². The van der Waals surface area contributed by atoms with Gasteiger partial charge in [-0.3, -0.25) is 4.98 Å². The molecule has 0 amide bonds. The van der Waals surface area contributed by atoms with Gasteiger partial charge < -0.3 is 4.90 Å². The summed E-state index contributed by atoms with van der Waals surface area (Å²) in [5.74, 6) is 1.83. The highest BCUT2D eigenvalue weighted by atomic mass is 79.9. The van der Waals surface area contributed by atoms with Gasteiger partial charge in [0.2, 0.25) is 0 Å². The van der Waals surface area contributed by atoms with Crippen LogP contribution >= 0.6 is 15.9 Å². The van der Waals surface area contributed by atoms with E-state index in [2.05, 4.69) is 30.8 Å². The molecule has 0 aliphatic carbocycles. The molecule has 1 aromatic rings. The van der Waals surface area contributed by atoms with Crippen molar-refractivity contribution < 1.29 is 0 Å². The summed E-state index contributed by atoms with van der Waals surface area (Å²) in [5.41, 5.74) is 0. The minimum Gasteiger partial charge on any atom is -0.355 e. The molecule has 15 heavy (non-hydrogen) atoms. The fraction of sp³-hybridized carbons (Fsp3) is 0.636. The van der Waals surface area contributed by atoms with E-state index in [1.165, 1.54) is 19.3 Å². The van der Waals surface area contributed by atoms with Crippen LogP contribution in [0.15, 0.2) is 18.6 Å². The molecule has 1 atom stereocenters. The smallest absolute Gasteiger partial charge is 0.147 e. The fourth-order valence-electron chi connectivity index (χ4n) is 2.12. The van der Waals surface area contributed by atoms with E-state index >= 15 is 0 Å². The maximum atomic E-state index is 4.35. The molecule has 4 heteroatoms. The van der Waals surface area contributed by atoms with E-state index < -0.39 is 0 Å². The average molecular weight is 270 g/mol. The third kappa shape index (κ3) is 2.91. The molecule has 82 valence electrons. The Kier molecular flexibility index (Phi) is 3.94. The zero-order valence-electron chi connectivity index (χ0n) is 8.77. The summed E-state index contributed by atoms with van der Waals surface area (Å²) in [6.07, 6.45) is 9.23. The van der Waals surface area contributed by atoms with Gasteiger partial charge in [0.05, 0.1) is 6.20 Å². The van der Waals surface area contributed by atoms with Crippen molar-refractivity contribution in [2.45, 2.75) is 19.3 Å². The second kappa shape index (κ2) is 5.45. The lowest BCUT2D eigenvalue weighted by atomic mass is 9.96. The summed E-state index contributed by atoms with van der Waals surface area (Å²) in [6, 6.07) is 0. The predicted molar refractivity (Wildman–Crippen MR) is 65.4 cm³/mol.